The molecular weight excluding hydrogens is 230 g/mol. The standard InChI is InChI=1S/C14H21NO3/c1-13(2,3)18-12(16)15-14(4,17)10-11-8-6-5-7-9-11/h5-9,17H,10H2,1-4H3,(H,15,16)/t14-/m1/s1. The summed E-state index contributed by atoms with van der Waals surface area (Å²) in [6, 6.07) is 9.47. The highest BCUT2D eigenvalue weighted by Gasteiger charge is 2.26. The van der Waals surface area contributed by atoms with Gasteiger partial charge in [0.2, 0.25) is 0 Å². The van der Waals surface area contributed by atoms with Crippen molar-refractivity contribution in [2.24, 2.45) is 0 Å². The zero-order chi connectivity index (χ0) is 13.8. The maximum atomic E-state index is 11.6. The van der Waals surface area contributed by atoms with Crippen LogP contribution in [0.15, 0.2) is 30.3 Å². The van der Waals surface area contributed by atoms with Crippen molar-refractivity contribution in [3.63, 3.8) is 0 Å². The highest BCUT2D eigenvalue weighted by atomic mass is 16.6. The number of nitrogens with one attached hydrogen (secondary N) is 1. The van der Waals surface area contributed by atoms with Gasteiger partial charge in [-0.2, -0.15) is 0 Å². The van der Waals surface area contributed by atoms with Crippen molar-refractivity contribution in [3.05, 3.63) is 35.9 Å². The summed E-state index contributed by atoms with van der Waals surface area (Å²) >= 11 is 0. The number of aliphatic hydroxyl groups is 1. The van der Waals surface area contributed by atoms with Gasteiger partial charge in [0, 0.05) is 6.42 Å². The molecule has 1 aromatic rings. The number of alkyl carbamates (subject to hydrolysis) is 1. The highest BCUT2D eigenvalue weighted by molar-refractivity contribution is 5.68. The minimum Gasteiger partial charge on any atom is -0.444 e. The third kappa shape index (κ3) is 5.68. The Morgan fingerprint density at radius 2 is 1.78 bits per heavy atom. The van der Waals surface area contributed by atoms with E-state index in [2.05, 4.69) is 5.32 Å². The molecule has 0 saturated carbocycles. The third-order valence-electron chi connectivity index (χ3n) is 2.16. The molecule has 0 aliphatic carbocycles. The van der Waals surface area contributed by atoms with E-state index in [9.17, 15) is 9.90 Å². The lowest BCUT2D eigenvalue weighted by molar-refractivity contribution is -0.00209. The van der Waals surface area contributed by atoms with Gasteiger partial charge < -0.3 is 9.84 Å². The van der Waals surface area contributed by atoms with Crippen molar-refractivity contribution in [2.75, 3.05) is 0 Å². The average Bonchev–Trinajstić information content (AvgIpc) is 2.13. The fourth-order valence-electron chi connectivity index (χ4n) is 1.56. The quantitative estimate of drug-likeness (QED) is 0.811. The monoisotopic (exact) mass is 251 g/mol. The molecule has 0 fully saturated rings. The molecule has 0 radical (unpaired) electrons. The van der Waals surface area contributed by atoms with E-state index >= 15 is 0 Å². The van der Waals surface area contributed by atoms with Gasteiger partial charge in [-0.25, -0.2) is 4.79 Å². The minimum absolute atomic E-state index is 0.326. The molecule has 1 amide bonds. The summed E-state index contributed by atoms with van der Waals surface area (Å²) in [5.74, 6) is 0. The van der Waals surface area contributed by atoms with Crippen LogP contribution in [-0.2, 0) is 11.2 Å². The first-order valence-electron chi connectivity index (χ1n) is 5.95. The smallest absolute Gasteiger partial charge is 0.409 e. The second-order valence-corrected chi connectivity index (χ2v) is 5.56. The van der Waals surface area contributed by atoms with Crippen LogP contribution < -0.4 is 5.32 Å². The molecule has 1 aromatic carbocycles. The molecule has 0 unspecified atom stereocenters. The Balaban J connectivity index is 2.57. The van der Waals surface area contributed by atoms with Crippen molar-refractivity contribution in [2.45, 2.75) is 45.4 Å². The van der Waals surface area contributed by atoms with Crippen LogP contribution in [0.25, 0.3) is 0 Å². The zero-order valence-electron chi connectivity index (χ0n) is 11.4. The lowest BCUT2D eigenvalue weighted by Crippen LogP contribution is -2.49. The van der Waals surface area contributed by atoms with Crippen molar-refractivity contribution in [1.82, 2.24) is 5.32 Å². The minimum atomic E-state index is -1.33. The molecule has 18 heavy (non-hydrogen) atoms. The van der Waals surface area contributed by atoms with Crippen molar-refractivity contribution in [1.29, 1.82) is 0 Å². The zero-order valence-corrected chi connectivity index (χ0v) is 11.4. The van der Waals surface area contributed by atoms with Gasteiger partial charge in [0.25, 0.3) is 0 Å². The van der Waals surface area contributed by atoms with E-state index in [1.807, 2.05) is 30.3 Å². The second-order valence-electron chi connectivity index (χ2n) is 5.56. The van der Waals surface area contributed by atoms with Gasteiger partial charge in [0.05, 0.1) is 0 Å². The number of amides is 1. The fraction of sp³-hybridized carbons (Fsp3) is 0.500. The summed E-state index contributed by atoms with van der Waals surface area (Å²) < 4.78 is 5.10. The molecule has 0 bridgehead atoms. The van der Waals surface area contributed by atoms with Crippen molar-refractivity contribution in [3.8, 4) is 0 Å². The first kappa shape index (κ1) is 14.5. The van der Waals surface area contributed by atoms with E-state index < -0.39 is 17.4 Å². The Hall–Kier alpha value is -1.55. The van der Waals surface area contributed by atoms with Crippen molar-refractivity contribution < 1.29 is 14.6 Å². The molecule has 0 aromatic heterocycles. The number of hydrogen-bond acceptors (Lipinski definition) is 3. The Bertz CT molecular complexity index is 393. The first-order valence-corrected chi connectivity index (χ1v) is 5.95. The molecule has 4 nitrogen and oxygen atoms in total. The molecule has 2 N–H and O–H groups in total. The largest absolute Gasteiger partial charge is 0.444 e. The van der Waals surface area contributed by atoms with E-state index in [1.165, 1.54) is 0 Å². The van der Waals surface area contributed by atoms with Gasteiger partial charge in [-0.1, -0.05) is 30.3 Å². The van der Waals surface area contributed by atoms with Gasteiger partial charge >= 0.3 is 6.09 Å². The van der Waals surface area contributed by atoms with Gasteiger partial charge in [-0.05, 0) is 33.3 Å². The number of rotatable bonds is 3. The lowest BCUT2D eigenvalue weighted by Gasteiger charge is -2.27. The molecular formula is C14H21NO3. The normalized spacial score (nSPS) is 14.7. The van der Waals surface area contributed by atoms with Gasteiger partial charge in [0.1, 0.15) is 11.3 Å². The summed E-state index contributed by atoms with van der Waals surface area (Å²) in [7, 11) is 0. The van der Waals surface area contributed by atoms with Crippen LogP contribution in [0.1, 0.15) is 33.3 Å². The number of ether oxygens (including phenoxy) is 1. The first-order chi connectivity index (χ1) is 8.18. The number of carbonyl (C=O) groups excluding carboxylic acids is 1. The summed E-state index contributed by atoms with van der Waals surface area (Å²) in [4.78, 5) is 11.6. The van der Waals surface area contributed by atoms with E-state index in [0.29, 0.717) is 6.42 Å². The number of benzene rings is 1. The molecule has 4 heteroatoms. The molecule has 0 heterocycles. The molecule has 0 saturated heterocycles. The van der Waals surface area contributed by atoms with Crippen LogP contribution in [0, 0.1) is 0 Å². The molecule has 0 spiro atoms. The Morgan fingerprint density at radius 3 is 2.28 bits per heavy atom. The average molecular weight is 251 g/mol. The molecule has 0 aliphatic heterocycles. The van der Waals surface area contributed by atoms with E-state index in [-0.39, 0.29) is 0 Å². The van der Waals surface area contributed by atoms with E-state index in [4.69, 9.17) is 4.74 Å². The molecule has 0 aliphatic rings. The van der Waals surface area contributed by atoms with Crippen LogP contribution in [0.2, 0.25) is 0 Å². The van der Waals surface area contributed by atoms with Crippen LogP contribution in [-0.4, -0.2) is 22.5 Å². The van der Waals surface area contributed by atoms with Gasteiger partial charge in [-0.3, -0.25) is 5.32 Å². The SMILES string of the molecule is CC(C)(C)OC(=O)N[C@](C)(O)Cc1ccccc1. The maximum absolute atomic E-state index is 11.6. The molecule has 100 valence electrons. The summed E-state index contributed by atoms with van der Waals surface area (Å²) in [5.41, 5.74) is -0.963. The predicted molar refractivity (Wildman–Crippen MR) is 70.1 cm³/mol. The third-order valence-corrected chi connectivity index (χ3v) is 2.16. The highest BCUT2D eigenvalue weighted by Crippen LogP contribution is 2.12. The summed E-state index contributed by atoms with van der Waals surface area (Å²) in [6.45, 7) is 6.87. The van der Waals surface area contributed by atoms with Crippen molar-refractivity contribution >= 4 is 6.09 Å². The van der Waals surface area contributed by atoms with Gasteiger partial charge in [-0.15, -0.1) is 0 Å². The Kier molecular flexibility index (Phi) is 4.35. The van der Waals surface area contributed by atoms with E-state index in [0.717, 1.165) is 5.56 Å². The molecule has 1 rings (SSSR count). The van der Waals surface area contributed by atoms with Crippen LogP contribution in [0.3, 0.4) is 0 Å². The molecule has 1 atom stereocenters. The second kappa shape index (κ2) is 5.40. The fourth-order valence-corrected chi connectivity index (χ4v) is 1.56. The van der Waals surface area contributed by atoms with Crippen LogP contribution >= 0.6 is 0 Å². The topological polar surface area (TPSA) is 58.6 Å². The lowest BCUT2D eigenvalue weighted by atomic mass is 10.0. The predicted octanol–water partition coefficient (Wildman–Crippen LogP) is 2.46. The maximum Gasteiger partial charge on any atom is 0.409 e. The van der Waals surface area contributed by atoms with Crippen LogP contribution in [0.4, 0.5) is 4.79 Å². The number of hydrogen-bond donors (Lipinski definition) is 2. The summed E-state index contributed by atoms with van der Waals surface area (Å²) in [5, 5.41) is 12.6. The van der Waals surface area contributed by atoms with E-state index in [1.54, 1.807) is 27.7 Å². The van der Waals surface area contributed by atoms with Crippen LogP contribution in [0.5, 0.6) is 0 Å². The Labute approximate surface area is 108 Å². The number of carbonyl (C=O) groups is 1. The Morgan fingerprint density at radius 1 is 1.22 bits per heavy atom. The summed E-state index contributed by atoms with van der Waals surface area (Å²) in [6.07, 6.45) is -0.295. The van der Waals surface area contributed by atoms with Gasteiger partial charge in [0.15, 0.2) is 0 Å².